The Kier molecular flexibility index (Phi) is 5.93. The summed E-state index contributed by atoms with van der Waals surface area (Å²) in [5.74, 6) is 1.08. The second-order valence-corrected chi connectivity index (χ2v) is 5.60. The lowest BCUT2D eigenvalue weighted by atomic mass is 9.93. The van der Waals surface area contributed by atoms with Crippen LogP contribution in [0.25, 0.3) is 0 Å². The molecule has 118 valence electrons. The number of hydrogen-bond acceptors (Lipinski definition) is 5. The number of hydrazone groups is 1. The van der Waals surface area contributed by atoms with Crippen molar-refractivity contribution in [1.82, 2.24) is 0 Å². The molecule has 0 spiro atoms. The Balaban J connectivity index is 3.33. The minimum absolute atomic E-state index is 0.145. The van der Waals surface area contributed by atoms with Gasteiger partial charge in [-0.2, -0.15) is 10.4 Å². The number of rotatable bonds is 6. The van der Waals surface area contributed by atoms with Gasteiger partial charge in [-0.25, -0.2) is 0 Å². The Morgan fingerprint density at radius 2 is 1.77 bits per heavy atom. The quantitative estimate of drug-likeness (QED) is 0.426. The fraction of sp³-hybridized carbons (Fsp3) is 0.438. The zero-order chi connectivity index (χ0) is 16.9. The molecule has 0 aliphatic rings. The van der Waals surface area contributed by atoms with Crippen molar-refractivity contribution in [1.29, 1.82) is 10.7 Å². The van der Waals surface area contributed by atoms with E-state index in [9.17, 15) is 0 Å². The van der Waals surface area contributed by atoms with Gasteiger partial charge in [0, 0.05) is 0 Å². The minimum atomic E-state index is -0.364. The van der Waals surface area contributed by atoms with Gasteiger partial charge in [0.2, 0.25) is 5.71 Å². The van der Waals surface area contributed by atoms with Crippen LogP contribution in [-0.2, 0) is 0 Å². The molecule has 1 rings (SSSR count). The van der Waals surface area contributed by atoms with Gasteiger partial charge in [-0.05, 0) is 35.1 Å². The Morgan fingerprint density at radius 3 is 2.09 bits per heavy atom. The summed E-state index contributed by atoms with van der Waals surface area (Å²) in [6.07, 6.45) is 0. The summed E-state index contributed by atoms with van der Waals surface area (Å²) in [6.45, 7) is 8.35. The molecule has 0 amide bonds. The minimum Gasteiger partial charge on any atom is -0.496 e. The smallest absolute Gasteiger partial charge is 0.201 e. The summed E-state index contributed by atoms with van der Waals surface area (Å²) in [7, 11) is 1.67. The summed E-state index contributed by atoms with van der Waals surface area (Å²) < 4.78 is 5.57. The molecule has 0 heterocycles. The lowest BCUT2D eigenvalue weighted by molar-refractivity contribution is 0.400. The van der Waals surface area contributed by atoms with Crippen LogP contribution in [0.1, 0.15) is 50.7 Å². The Labute approximate surface area is 131 Å². The molecule has 0 aromatic heterocycles. The highest BCUT2D eigenvalue weighted by molar-refractivity contribution is 6.45. The molecule has 22 heavy (non-hydrogen) atoms. The largest absolute Gasteiger partial charge is 0.496 e. The fourth-order valence-corrected chi connectivity index (χ4v) is 2.10. The molecular weight excluding hydrogens is 278 g/mol. The molecule has 0 fully saturated rings. The van der Waals surface area contributed by atoms with E-state index in [2.05, 4.69) is 38.2 Å². The maximum Gasteiger partial charge on any atom is 0.201 e. The highest BCUT2D eigenvalue weighted by Gasteiger charge is 2.16. The number of benzene rings is 1. The van der Waals surface area contributed by atoms with Crippen LogP contribution in [-0.4, -0.2) is 18.7 Å². The third kappa shape index (κ3) is 3.98. The summed E-state index contributed by atoms with van der Waals surface area (Å²) in [6, 6.07) is 5.66. The third-order valence-electron chi connectivity index (χ3n) is 3.25. The van der Waals surface area contributed by atoms with Gasteiger partial charge in [0.25, 0.3) is 0 Å². The van der Waals surface area contributed by atoms with Crippen LogP contribution >= 0.6 is 0 Å². The van der Waals surface area contributed by atoms with Crippen molar-refractivity contribution in [2.45, 2.75) is 39.5 Å². The zero-order valence-corrected chi connectivity index (χ0v) is 13.7. The van der Waals surface area contributed by atoms with Crippen molar-refractivity contribution < 1.29 is 4.74 Å². The summed E-state index contributed by atoms with van der Waals surface area (Å²) in [4.78, 5) is 0. The number of nitrogens with two attached hydrogens (primary N) is 1. The van der Waals surface area contributed by atoms with Gasteiger partial charge in [0.15, 0.2) is 5.84 Å². The molecule has 0 aliphatic heterocycles. The van der Waals surface area contributed by atoms with Crippen LogP contribution in [0, 0.1) is 16.7 Å². The molecule has 6 nitrogen and oxygen atoms in total. The normalized spacial score (nSPS) is 11.5. The van der Waals surface area contributed by atoms with Gasteiger partial charge in [-0.15, -0.1) is 0 Å². The number of amidine groups is 1. The van der Waals surface area contributed by atoms with Crippen molar-refractivity contribution in [3.8, 4) is 11.8 Å². The number of nitriles is 1. The number of methoxy groups -OCH3 is 1. The zero-order valence-electron chi connectivity index (χ0n) is 13.7. The van der Waals surface area contributed by atoms with Crippen molar-refractivity contribution >= 4 is 17.2 Å². The highest BCUT2D eigenvalue weighted by Crippen LogP contribution is 2.37. The molecule has 0 aliphatic carbocycles. The van der Waals surface area contributed by atoms with Crippen LogP contribution in [0.4, 0.5) is 5.69 Å². The van der Waals surface area contributed by atoms with Gasteiger partial charge < -0.3 is 10.5 Å². The lowest BCUT2D eigenvalue weighted by Gasteiger charge is -2.20. The molecule has 4 N–H and O–H groups in total. The molecule has 6 heteroatoms. The van der Waals surface area contributed by atoms with E-state index in [1.54, 1.807) is 13.2 Å². The van der Waals surface area contributed by atoms with Gasteiger partial charge in [0.05, 0.1) is 12.8 Å². The number of anilines is 1. The molecule has 0 unspecified atom stereocenters. The standard InChI is InChI=1S/C16H23N5O/c1-9(2)12-6-11(20-21-14(8-17)16(18)19)7-13(10(3)4)15(12)22-5/h6-7,9-10,20H,1-5H3,(H3,18,19)/b21-14+. The molecular formula is C16H23N5O. The van der Waals surface area contributed by atoms with E-state index in [1.165, 1.54) is 0 Å². The fourth-order valence-electron chi connectivity index (χ4n) is 2.10. The van der Waals surface area contributed by atoms with Crippen molar-refractivity contribution in [2.75, 3.05) is 12.5 Å². The highest BCUT2D eigenvalue weighted by atomic mass is 16.5. The molecule has 1 aromatic carbocycles. The first-order valence-electron chi connectivity index (χ1n) is 7.11. The van der Waals surface area contributed by atoms with E-state index in [4.69, 9.17) is 21.1 Å². The SMILES string of the molecule is COc1c(C(C)C)cc(N/N=C(\C#N)C(=N)N)cc1C(C)C. The van der Waals surface area contributed by atoms with E-state index in [1.807, 2.05) is 12.1 Å². The van der Waals surface area contributed by atoms with Gasteiger partial charge in [-0.1, -0.05) is 27.7 Å². The van der Waals surface area contributed by atoms with Crippen molar-refractivity contribution in [3.63, 3.8) is 0 Å². The average molecular weight is 301 g/mol. The first-order chi connectivity index (χ1) is 10.3. The van der Waals surface area contributed by atoms with Crippen LogP contribution < -0.4 is 15.9 Å². The van der Waals surface area contributed by atoms with Crippen molar-refractivity contribution in [2.24, 2.45) is 10.8 Å². The number of ether oxygens (including phenoxy) is 1. The lowest BCUT2D eigenvalue weighted by Crippen LogP contribution is -2.21. The summed E-state index contributed by atoms with van der Waals surface area (Å²) in [5.41, 5.74) is 10.8. The second kappa shape index (κ2) is 7.46. The van der Waals surface area contributed by atoms with Crippen LogP contribution in [0.15, 0.2) is 17.2 Å². The molecule has 0 saturated carbocycles. The number of nitrogens with zero attached hydrogens (tertiary/aromatic N) is 2. The maximum atomic E-state index is 8.88. The van der Waals surface area contributed by atoms with Crippen LogP contribution in [0.3, 0.4) is 0 Å². The molecule has 0 bridgehead atoms. The number of hydrogen-bond donors (Lipinski definition) is 3. The van der Waals surface area contributed by atoms with E-state index in [0.717, 1.165) is 22.6 Å². The van der Waals surface area contributed by atoms with Crippen LogP contribution in [0.2, 0.25) is 0 Å². The average Bonchev–Trinajstić information content (AvgIpc) is 2.46. The van der Waals surface area contributed by atoms with E-state index < -0.39 is 0 Å². The molecule has 0 radical (unpaired) electrons. The predicted molar refractivity (Wildman–Crippen MR) is 89.8 cm³/mol. The Hall–Kier alpha value is -2.55. The van der Waals surface area contributed by atoms with E-state index in [0.29, 0.717) is 0 Å². The van der Waals surface area contributed by atoms with Crippen LogP contribution in [0.5, 0.6) is 5.75 Å². The van der Waals surface area contributed by atoms with Gasteiger partial charge in [-0.3, -0.25) is 10.8 Å². The molecule has 1 aromatic rings. The Bertz CT molecular complexity index is 597. The summed E-state index contributed by atoms with van der Waals surface area (Å²) in [5, 5.41) is 20.0. The topological polar surface area (TPSA) is 107 Å². The van der Waals surface area contributed by atoms with E-state index >= 15 is 0 Å². The first kappa shape index (κ1) is 17.5. The predicted octanol–water partition coefficient (Wildman–Crippen LogP) is 3.17. The third-order valence-corrected chi connectivity index (χ3v) is 3.25. The molecule has 0 atom stereocenters. The second-order valence-electron chi connectivity index (χ2n) is 5.60. The monoisotopic (exact) mass is 301 g/mol. The molecule has 0 saturated heterocycles. The van der Waals surface area contributed by atoms with Crippen molar-refractivity contribution in [3.05, 3.63) is 23.3 Å². The van der Waals surface area contributed by atoms with Gasteiger partial charge >= 0.3 is 0 Å². The Morgan fingerprint density at radius 1 is 1.27 bits per heavy atom. The summed E-state index contributed by atoms with van der Waals surface area (Å²) >= 11 is 0. The van der Waals surface area contributed by atoms with E-state index in [-0.39, 0.29) is 23.4 Å². The number of nitrogens with one attached hydrogen (secondary N) is 2. The van der Waals surface area contributed by atoms with Gasteiger partial charge in [0.1, 0.15) is 11.8 Å². The maximum absolute atomic E-state index is 8.88. The first-order valence-corrected chi connectivity index (χ1v) is 7.11.